The number of Topliss-reactive ketones (excluding diaryl/α,β-unsaturated/α-hetero) is 1. The van der Waals surface area contributed by atoms with E-state index >= 15 is 0 Å². The molecule has 0 saturated carbocycles. The van der Waals surface area contributed by atoms with Gasteiger partial charge in [-0.2, -0.15) is 0 Å². The molecular weight excluding hydrogens is 620 g/mol. The number of carbonyl (C=O) groups is 3. The fraction of sp³-hybridized carbons (Fsp3) is 0.244. The van der Waals surface area contributed by atoms with Gasteiger partial charge in [-0.05, 0) is 42.4 Å². The van der Waals surface area contributed by atoms with E-state index in [1.165, 1.54) is 0 Å². The van der Waals surface area contributed by atoms with Crippen LogP contribution in [0.3, 0.4) is 0 Å². The van der Waals surface area contributed by atoms with Crippen LogP contribution in [0.15, 0.2) is 103 Å². The molecule has 1 aliphatic heterocycles. The summed E-state index contributed by atoms with van der Waals surface area (Å²) in [4.78, 5) is 37.0. The van der Waals surface area contributed by atoms with Gasteiger partial charge in [-0.1, -0.05) is 115 Å². The van der Waals surface area contributed by atoms with Crippen LogP contribution in [0.5, 0.6) is 17.2 Å². The number of ether oxygens (including phenoxy) is 1. The molecule has 0 aliphatic carbocycles. The topological polar surface area (TPSA) is 141 Å². The van der Waals surface area contributed by atoms with Gasteiger partial charge in [0.2, 0.25) is 0 Å². The lowest BCUT2D eigenvalue weighted by Crippen LogP contribution is -2.23. The van der Waals surface area contributed by atoms with Crippen molar-refractivity contribution < 1.29 is 39.5 Å². The lowest BCUT2D eigenvalue weighted by Gasteiger charge is -2.32. The molecule has 4 N–H and O–H groups in total. The van der Waals surface area contributed by atoms with Crippen LogP contribution in [0.2, 0.25) is 0 Å². The highest BCUT2D eigenvalue weighted by Gasteiger charge is 2.38. The number of aliphatic carboxylic acids is 2. The number of rotatable bonds is 15. The molecule has 0 aromatic heterocycles. The maximum absolute atomic E-state index is 14.0. The van der Waals surface area contributed by atoms with Crippen LogP contribution in [0, 0.1) is 0 Å². The molecule has 8 nitrogen and oxygen atoms in total. The van der Waals surface area contributed by atoms with E-state index in [0.717, 1.165) is 16.7 Å². The third-order valence-electron chi connectivity index (χ3n) is 8.75. The van der Waals surface area contributed by atoms with Crippen LogP contribution in [-0.2, 0) is 9.59 Å². The number of aromatic hydroxyl groups is 2. The zero-order chi connectivity index (χ0) is 34.8. The first-order valence-electron chi connectivity index (χ1n) is 16.5. The maximum Gasteiger partial charge on any atom is 0.303 e. The van der Waals surface area contributed by atoms with Gasteiger partial charge in [-0.25, -0.2) is 0 Å². The molecule has 3 unspecified atom stereocenters. The second-order valence-electron chi connectivity index (χ2n) is 12.2. The SMILES string of the molecule is O=C(O)CCCC(/C=C/c1ccccc1)c1c(O)c2c(c(C(/C=C/c3ccccc3)CCCC(=O)O)c1O)OC(c1ccccc1)CC2=O. The minimum Gasteiger partial charge on any atom is -0.507 e. The number of allylic oxidation sites excluding steroid dienone is 2. The lowest BCUT2D eigenvalue weighted by atomic mass is 9.80. The molecule has 0 fully saturated rings. The Morgan fingerprint density at radius 1 is 0.694 bits per heavy atom. The predicted octanol–water partition coefficient (Wildman–Crippen LogP) is 8.91. The van der Waals surface area contributed by atoms with E-state index in [4.69, 9.17) is 4.74 Å². The molecule has 4 aromatic rings. The largest absolute Gasteiger partial charge is 0.507 e. The highest BCUT2D eigenvalue weighted by atomic mass is 16.5. The summed E-state index contributed by atoms with van der Waals surface area (Å²) in [5.74, 6) is -4.15. The van der Waals surface area contributed by atoms with E-state index in [1.54, 1.807) is 0 Å². The van der Waals surface area contributed by atoms with Crippen molar-refractivity contribution in [3.8, 4) is 17.2 Å². The predicted molar refractivity (Wildman–Crippen MR) is 188 cm³/mol. The van der Waals surface area contributed by atoms with Crippen molar-refractivity contribution in [1.82, 2.24) is 0 Å². The van der Waals surface area contributed by atoms with Crippen molar-refractivity contribution in [2.45, 2.75) is 62.9 Å². The molecule has 252 valence electrons. The summed E-state index contributed by atoms with van der Waals surface area (Å²) in [7, 11) is 0. The van der Waals surface area contributed by atoms with E-state index in [9.17, 15) is 34.8 Å². The molecular formula is C41H40O8. The number of carboxylic acids is 2. The Hall–Kier alpha value is -5.63. The number of carbonyl (C=O) groups excluding carboxylic acids is 1. The monoisotopic (exact) mass is 660 g/mol. The van der Waals surface area contributed by atoms with Crippen molar-refractivity contribution in [3.05, 3.63) is 137 Å². The number of hydrogen-bond donors (Lipinski definition) is 4. The average molecular weight is 661 g/mol. The van der Waals surface area contributed by atoms with E-state index < -0.39 is 35.6 Å². The van der Waals surface area contributed by atoms with Gasteiger partial charge in [0.25, 0.3) is 0 Å². The van der Waals surface area contributed by atoms with Gasteiger partial charge < -0.3 is 25.2 Å². The quantitative estimate of drug-likeness (QED) is 0.0991. The summed E-state index contributed by atoms with van der Waals surface area (Å²) in [5, 5.41) is 43.0. The number of phenols is 2. The second-order valence-corrected chi connectivity index (χ2v) is 12.2. The Bertz CT molecular complexity index is 1810. The third kappa shape index (κ3) is 8.84. The fourth-order valence-electron chi connectivity index (χ4n) is 6.33. The molecule has 4 aromatic carbocycles. The van der Waals surface area contributed by atoms with Crippen molar-refractivity contribution in [2.75, 3.05) is 0 Å². The Balaban J connectivity index is 1.71. The first-order valence-corrected chi connectivity index (χ1v) is 16.5. The van der Waals surface area contributed by atoms with E-state index in [-0.39, 0.29) is 72.5 Å². The molecule has 0 amide bonds. The van der Waals surface area contributed by atoms with E-state index in [0.29, 0.717) is 6.42 Å². The molecule has 1 heterocycles. The summed E-state index contributed by atoms with van der Waals surface area (Å²) in [5.41, 5.74) is 2.86. The van der Waals surface area contributed by atoms with Crippen LogP contribution in [0.1, 0.15) is 101 Å². The number of benzene rings is 4. The van der Waals surface area contributed by atoms with E-state index in [1.807, 2.05) is 115 Å². The van der Waals surface area contributed by atoms with Gasteiger partial charge in [0.15, 0.2) is 5.78 Å². The highest BCUT2D eigenvalue weighted by Crippen LogP contribution is 2.54. The average Bonchev–Trinajstić information content (AvgIpc) is 3.09. The van der Waals surface area contributed by atoms with E-state index in [2.05, 4.69) is 0 Å². The molecule has 8 heteroatoms. The zero-order valence-corrected chi connectivity index (χ0v) is 27.1. The Morgan fingerprint density at radius 2 is 1.16 bits per heavy atom. The smallest absolute Gasteiger partial charge is 0.303 e. The number of fused-ring (bicyclic) bond motifs is 1. The van der Waals surface area contributed by atoms with Crippen molar-refractivity contribution in [1.29, 1.82) is 0 Å². The molecule has 3 atom stereocenters. The van der Waals surface area contributed by atoms with Gasteiger partial charge in [0.1, 0.15) is 28.9 Å². The molecule has 49 heavy (non-hydrogen) atoms. The van der Waals surface area contributed by atoms with Crippen LogP contribution in [0.4, 0.5) is 0 Å². The minimum absolute atomic E-state index is 0.0392. The van der Waals surface area contributed by atoms with Gasteiger partial charge >= 0.3 is 11.9 Å². The summed E-state index contributed by atoms with van der Waals surface area (Å²) >= 11 is 0. The maximum atomic E-state index is 14.0. The molecule has 1 aliphatic rings. The van der Waals surface area contributed by atoms with Gasteiger partial charge in [0.05, 0.1) is 6.42 Å². The third-order valence-corrected chi connectivity index (χ3v) is 8.75. The number of carboxylic acid groups (broad SMARTS) is 2. The van der Waals surface area contributed by atoms with Crippen LogP contribution < -0.4 is 4.74 Å². The fourth-order valence-corrected chi connectivity index (χ4v) is 6.33. The van der Waals surface area contributed by atoms with Crippen molar-refractivity contribution >= 4 is 29.9 Å². The minimum atomic E-state index is -0.967. The Morgan fingerprint density at radius 3 is 1.65 bits per heavy atom. The first-order chi connectivity index (χ1) is 23.7. The first kappa shape index (κ1) is 34.7. The molecule has 0 radical (unpaired) electrons. The molecule has 0 saturated heterocycles. The van der Waals surface area contributed by atoms with Crippen molar-refractivity contribution in [3.63, 3.8) is 0 Å². The van der Waals surface area contributed by atoms with Crippen LogP contribution in [0.25, 0.3) is 12.2 Å². The summed E-state index contributed by atoms with van der Waals surface area (Å²) < 4.78 is 6.53. The summed E-state index contributed by atoms with van der Waals surface area (Å²) in [6.45, 7) is 0. The standard InChI is InChI=1S/C41H40O8/c42-32-26-33(29-16-8-3-9-17-29)49-41-37(31(19-11-21-35(45)46)25-23-28-14-6-2-7-15-28)39(47)36(40(48)38(32)41)30(18-10-20-34(43)44)24-22-27-12-4-1-5-13-27/h1-9,12-17,22-25,30-31,33,47-48H,10-11,18-21,26H2,(H,43,44)(H,45,46)/b24-22+,25-23+. The van der Waals surface area contributed by atoms with Gasteiger partial charge in [-0.15, -0.1) is 0 Å². The molecule has 5 rings (SSSR count). The van der Waals surface area contributed by atoms with Gasteiger partial charge in [-0.3, -0.25) is 14.4 Å². The Labute approximate surface area is 285 Å². The lowest BCUT2D eigenvalue weighted by molar-refractivity contribution is -0.138. The Kier molecular flexibility index (Phi) is 11.7. The number of ketones is 1. The highest BCUT2D eigenvalue weighted by molar-refractivity contribution is 6.04. The number of hydrogen-bond acceptors (Lipinski definition) is 6. The summed E-state index contributed by atoms with van der Waals surface area (Å²) in [6, 6.07) is 28.2. The molecule has 0 spiro atoms. The number of phenolic OH excluding ortho intramolecular Hbond substituents is 2. The van der Waals surface area contributed by atoms with Gasteiger partial charge in [0, 0.05) is 35.8 Å². The second kappa shape index (κ2) is 16.5. The molecule has 0 bridgehead atoms. The van der Waals surface area contributed by atoms with Crippen LogP contribution >= 0.6 is 0 Å². The summed E-state index contributed by atoms with van der Waals surface area (Å²) in [6.07, 6.45) is 7.55. The zero-order valence-electron chi connectivity index (χ0n) is 27.1. The van der Waals surface area contributed by atoms with Crippen LogP contribution in [-0.4, -0.2) is 38.1 Å². The van der Waals surface area contributed by atoms with Crippen molar-refractivity contribution in [2.24, 2.45) is 0 Å². The normalized spacial score (nSPS) is 15.5.